The first-order valence-electron chi connectivity index (χ1n) is 13.0. The Morgan fingerprint density at radius 1 is 1.18 bits per heavy atom. The lowest BCUT2D eigenvalue weighted by Crippen LogP contribution is -2.37. The average molecular weight is 587 g/mol. The number of carboxylic acid groups (broad SMARTS) is 1. The molecule has 3 aliphatic rings. The van der Waals surface area contributed by atoms with E-state index >= 15 is 0 Å². The molecular weight excluding hydrogens is 552 g/mol. The Morgan fingerprint density at radius 2 is 1.82 bits per heavy atom. The number of alkyl halides is 4. The van der Waals surface area contributed by atoms with Crippen LogP contribution in [0.5, 0.6) is 5.75 Å². The molecule has 5 rings (SSSR count). The standard InChI is InChI=1S/C24H26F2N2O3S2.C4H8F2/c1-27-9-10-28(16-5-3-2-4-6-16)18-11-21(32-17-13-24(25,26)14-17)19(12-20(18)33-27)31-15-23(7-8-23)22(29)30;1-3-4(2,5)6/h2-6,11-12,17H,7-10,13-15H2,1H3,(H,29,30);3H2,1-2H3. The number of rotatable bonds is 8. The van der Waals surface area contributed by atoms with E-state index < -0.39 is 23.2 Å². The lowest BCUT2D eigenvalue weighted by atomic mass is 9.94. The Balaban J connectivity index is 0.000000531. The number of carboxylic acids is 1. The van der Waals surface area contributed by atoms with E-state index in [0.29, 0.717) is 18.6 Å². The zero-order valence-electron chi connectivity index (χ0n) is 22.3. The summed E-state index contributed by atoms with van der Waals surface area (Å²) in [5.41, 5.74) is 1.26. The number of ether oxygens (including phenoxy) is 1. The summed E-state index contributed by atoms with van der Waals surface area (Å²) in [5.74, 6) is -5.31. The predicted octanol–water partition coefficient (Wildman–Crippen LogP) is 7.96. The van der Waals surface area contributed by atoms with Crippen LogP contribution in [0.1, 0.15) is 46.0 Å². The molecule has 2 fully saturated rings. The van der Waals surface area contributed by atoms with Crippen molar-refractivity contribution in [2.45, 2.75) is 72.8 Å². The second-order valence-electron chi connectivity index (χ2n) is 10.5. The molecule has 2 saturated carbocycles. The highest BCUT2D eigenvalue weighted by molar-refractivity contribution is 8.00. The van der Waals surface area contributed by atoms with Crippen molar-refractivity contribution in [2.24, 2.45) is 5.41 Å². The van der Waals surface area contributed by atoms with Gasteiger partial charge >= 0.3 is 5.97 Å². The molecule has 2 aliphatic carbocycles. The largest absolute Gasteiger partial charge is 0.491 e. The van der Waals surface area contributed by atoms with Gasteiger partial charge in [-0.3, -0.25) is 4.79 Å². The lowest BCUT2D eigenvalue weighted by molar-refractivity contribution is -0.144. The van der Waals surface area contributed by atoms with Crippen LogP contribution in [0.25, 0.3) is 0 Å². The fraction of sp³-hybridized carbons (Fsp3) is 0.536. The Morgan fingerprint density at radius 3 is 2.36 bits per heavy atom. The number of anilines is 2. The highest BCUT2D eigenvalue weighted by atomic mass is 32.2. The Kier molecular flexibility index (Phi) is 9.02. The summed E-state index contributed by atoms with van der Waals surface area (Å²) in [4.78, 5) is 15.7. The molecule has 5 nitrogen and oxygen atoms in total. The van der Waals surface area contributed by atoms with Crippen LogP contribution >= 0.6 is 23.7 Å². The van der Waals surface area contributed by atoms with Crippen molar-refractivity contribution in [3.05, 3.63) is 42.5 Å². The van der Waals surface area contributed by atoms with Crippen molar-refractivity contribution in [3.8, 4) is 5.75 Å². The van der Waals surface area contributed by atoms with E-state index in [1.165, 1.54) is 18.7 Å². The molecule has 214 valence electrons. The maximum Gasteiger partial charge on any atom is 0.313 e. The Labute approximate surface area is 235 Å². The van der Waals surface area contributed by atoms with Crippen LogP contribution in [-0.2, 0) is 4.79 Å². The van der Waals surface area contributed by atoms with Crippen molar-refractivity contribution in [2.75, 3.05) is 31.6 Å². The van der Waals surface area contributed by atoms with Crippen LogP contribution in [0.4, 0.5) is 28.9 Å². The quantitative estimate of drug-likeness (QED) is 0.249. The van der Waals surface area contributed by atoms with E-state index in [9.17, 15) is 27.5 Å². The summed E-state index contributed by atoms with van der Waals surface area (Å²) in [6.07, 6.45) is 0.848. The molecule has 0 bridgehead atoms. The number of likely N-dealkylation sites (N-methyl/N-ethyl adjacent to an activating group) is 1. The smallest absolute Gasteiger partial charge is 0.313 e. The van der Waals surface area contributed by atoms with Gasteiger partial charge in [-0.05, 0) is 63.0 Å². The third-order valence-corrected chi connectivity index (χ3v) is 9.31. The molecule has 0 amide bonds. The minimum atomic E-state index is -2.60. The predicted molar refractivity (Wildman–Crippen MR) is 148 cm³/mol. The number of fused-ring (bicyclic) bond motifs is 1. The summed E-state index contributed by atoms with van der Waals surface area (Å²) in [5, 5.41) is 9.36. The molecule has 11 heteroatoms. The molecule has 0 saturated heterocycles. The molecule has 0 spiro atoms. The third kappa shape index (κ3) is 7.76. The summed E-state index contributed by atoms with van der Waals surface area (Å²) in [6.45, 7) is 4.09. The van der Waals surface area contributed by atoms with Gasteiger partial charge in [0.15, 0.2) is 0 Å². The highest BCUT2D eigenvalue weighted by Crippen LogP contribution is 2.52. The zero-order valence-corrected chi connectivity index (χ0v) is 23.9. The molecule has 2 aromatic carbocycles. The first kappa shape index (κ1) is 29.9. The number of para-hydroxylation sites is 1. The monoisotopic (exact) mass is 586 g/mol. The molecule has 1 heterocycles. The summed E-state index contributed by atoms with van der Waals surface area (Å²) >= 11 is 3.03. The van der Waals surface area contributed by atoms with E-state index in [1.54, 1.807) is 11.9 Å². The number of benzene rings is 2. The van der Waals surface area contributed by atoms with Crippen LogP contribution in [0, 0.1) is 5.41 Å². The first-order chi connectivity index (χ1) is 18.3. The molecule has 0 atom stereocenters. The van der Waals surface area contributed by atoms with Gasteiger partial charge in [0, 0.05) is 43.3 Å². The molecule has 0 unspecified atom stereocenters. The van der Waals surface area contributed by atoms with Gasteiger partial charge in [-0.25, -0.2) is 21.9 Å². The number of aliphatic carboxylic acids is 1. The summed E-state index contributed by atoms with van der Waals surface area (Å²) in [6, 6.07) is 14.1. The third-order valence-electron chi connectivity index (χ3n) is 7.05. The number of nitrogens with zero attached hydrogens (tertiary/aromatic N) is 2. The maximum atomic E-state index is 13.5. The van der Waals surface area contributed by atoms with Crippen molar-refractivity contribution in [3.63, 3.8) is 0 Å². The van der Waals surface area contributed by atoms with Crippen molar-refractivity contribution < 1.29 is 32.2 Å². The summed E-state index contributed by atoms with van der Waals surface area (Å²) in [7, 11) is 2.03. The molecule has 0 radical (unpaired) electrons. The number of carbonyl (C=O) groups is 1. The molecule has 1 aliphatic heterocycles. The SMILES string of the molecule is CCC(C)(F)F.CN1CCN(c2ccccc2)c2cc(SC3CC(F)(F)C3)c(OCC3(C(=O)O)CC3)cc2S1. The molecule has 0 aromatic heterocycles. The second kappa shape index (κ2) is 11.8. The van der Waals surface area contributed by atoms with Gasteiger partial charge in [0.2, 0.25) is 11.8 Å². The van der Waals surface area contributed by atoms with Crippen LogP contribution in [0.3, 0.4) is 0 Å². The molecule has 39 heavy (non-hydrogen) atoms. The van der Waals surface area contributed by atoms with Crippen LogP contribution in [-0.4, -0.2) is 59.2 Å². The number of hydrogen-bond acceptors (Lipinski definition) is 6. The first-order valence-corrected chi connectivity index (χ1v) is 14.6. The average Bonchev–Trinajstić information content (AvgIpc) is 3.66. The Bertz CT molecular complexity index is 1150. The van der Waals surface area contributed by atoms with Crippen molar-refractivity contribution >= 4 is 41.1 Å². The minimum Gasteiger partial charge on any atom is -0.491 e. The van der Waals surface area contributed by atoms with Crippen LogP contribution < -0.4 is 9.64 Å². The maximum absolute atomic E-state index is 13.5. The Hall–Kier alpha value is -2.11. The fourth-order valence-corrected chi connectivity index (χ4v) is 6.48. The zero-order chi connectivity index (χ0) is 28.4. The van der Waals surface area contributed by atoms with Crippen molar-refractivity contribution in [1.29, 1.82) is 0 Å². The van der Waals surface area contributed by atoms with Gasteiger partial charge < -0.3 is 14.7 Å². The topological polar surface area (TPSA) is 53.0 Å². The van der Waals surface area contributed by atoms with Crippen LogP contribution in [0.15, 0.2) is 52.3 Å². The minimum absolute atomic E-state index is 0.0625. The number of halogens is 4. The normalized spacial score (nSPS) is 20.1. The second-order valence-corrected chi connectivity index (χ2v) is 13.1. The summed E-state index contributed by atoms with van der Waals surface area (Å²) < 4.78 is 58.2. The van der Waals surface area contributed by atoms with Gasteiger partial charge in [-0.2, -0.15) is 0 Å². The number of thioether (sulfide) groups is 1. The lowest BCUT2D eigenvalue weighted by Gasteiger charge is -2.35. The number of hydrogen-bond donors (Lipinski definition) is 1. The van der Waals surface area contributed by atoms with Crippen LogP contribution in [0.2, 0.25) is 0 Å². The highest BCUT2D eigenvalue weighted by Gasteiger charge is 2.51. The van der Waals surface area contributed by atoms with Gasteiger partial charge in [-0.15, -0.1) is 11.8 Å². The van der Waals surface area contributed by atoms with E-state index in [1.807, 2.05) is 37.4 Å². The fourth-order valence-electron chi connectivity index (χ4n) is 4.13. The van der Waals surface area contributed by atoms with Gasteiger partial charge in [0.1, 0.15) is 17.8 Å². The van der Waals surface area contributed by atoms with E-state index in [-0.39, 0.29) is 31.1 Å². The van der Waals surface area contributed by atoms with E-state index in [4.69, 9.17) is 4.74 Å². The van der Waals surface area contributed by atoms with Crippen molar-refractivity contribution in [1.82, 2.24) is 4.31 Å². The van der Waals surface area contributed by atoms with Gasteiger partial charge in [-0.1, -0.05) is 25.1 Å². The van der Waals surface area contributed by atoms with E-state index in [2.05, 4.69) is 21.3 Å². The molecule has 1 N–H and O–H groups in total. The van der Waals surface area contributed by atoms with E-state index in [0.717, 1.165) is 41.2 Å². The van der Waals surface area contributed by atoms with Gasteiger partial charge in [0.05, 0.1) is 15.5 Å². The molecule has 2 aromatic rings. The molecular formula is C28H34F4N2O3S2. The van der Waals surface area contributed by atoms with Gasteiger partial charge in [0.25, 0.3) is 0 Å².